The molecule has 1 saturated heterocycles. The molecule has 1 aliphatic rings. The van der Waals surface area contributed by atoms with Crippen LogP contribution in [0.1, 0.15) is 31.0 Å². The summed E-state index contributed by atoms with van der Waals surface area (Å²) in [6, 6.07) is 11.2. The highest BCUT2D eigenvalue weighted by molar-refractivity contribution is 5.14. The fourth-order valence-electron chi connectivity index (χ4n) is 3.28. The number of hydrogen-bond donors (Lipinski definition) is 1. The molecule has 0 aliphatic carbocycles. The molecule has 0 saturated carbocycles. The first kappa shape index (κ1) is 17.1. The number of nitrogens with zero attached hydrogens (tertiary/aromatic N) is 3. The summed E-state index contributed by atoms with van der Waals surface area (Å²) in [4.78, 5) is 2.48. The summed E-state index contributed by atoms with van der Waals surface area (Å²) in [6.45, 7) is 8.14. The third kappa shape index (κ3) is 4.44. The summed E-state index contributed by atoms with van der Waals surface area (Å²) >= 11 is 0. The molecular weight excluding hydrogens is 300 g/mol. The molecule has 1 aromatic heterocycles. The average molecular weight is 328 g/mol. The fourth-order valence-corrected chi connectivity index (χ4v) is 3.28. The Morgan fingerprint density at radius 3 is 2.79 bits per heavy atom. The van der Waals surface area contributed by atoms with Crippen molar-refractivity contribution in [3.8, 4) is 0 Å². The van der Waals surface area contributed by atoms with E-state index < -0.39 is 0 Å². The van der Waals surface area contributed by atoms with E-state index in [1.54, 1.807) is 0 Å². The van der Waals surface area contributed by atoms with Crippen LogP contribution in [-0.2, 0) is 18.3 Å². The molecule has 5 nitrogen and oxygen atoms in total. The molecule has 1 N–H and O–H groups in total. The molecule has 0 bridgehead atoms. The minimum atomic E-state index is 0.210. The smallest absolute Gasteiger partial charge is 0.0852 e. The largest absolute Gasteiger partial charge is 0.374 e. The van der Waals surface area contributed by atoms with Gasteiger partial charge in [0.05, 0.1) is 18.9 Å². The lowest BCUT2D eigenvalue weighted by Crippen LogP contribution is -2.51. The molecule has 3 rings (SSSR count). The average Bonchev–Trinajstić information content (AvgIpc) is 3.03. The van der Waals surface area contributed by atoms with Crippen LogP contribution in [0.5, 0.6) is 0 Å². The molecule has 0 unspecified atom stereocenters. The van der Waals surface area contributed by atoms with Gasteiger partial charge in [-0.2, -0.15) is 5.10 Å². The predicted octanol–water partition coefficient (Wildman–Crippen LogP) is 2.36. The van der Waals surface area contributed by atoms with E-state index in [2.05, 4.69) is 65.7 Å². The van der Waals surface area contributed by atoms with Crippen LogP contribution in [0.4, 0.5) is 0 Å². The first-order chi connectivity index (χ1) is 11.6. The van der Waals surface area contributed by atoms with E-state index in [-0.39, 0.29) is 12.1 Å². The lowest BCUT2D eigenvalue weighted by molar-refractivity contribution is -0.0474. The molecule has 5 heteroatoms. The lowest BCUT2D eigenvalue weighted by atomic mass is 10.1. The zero-order chi connectivity index (χ0) is 16.9. The van der Waals surface area contributed by atoms with E-state index in [1.807, 2.05) is 17.9 Å². The van der Waals surface area contributed by atoms with Gasteiger partial charge in [0.2, 0.25) is 0 Å². The van der Waals surface area contributed by atoms with Crippen LogP contribution in [0.25, 0.3) is 0 Å². The molecule has 1 aromatic carbocycles. The van der Waals surface area contributed by atoms with Crippen molar-refractivity contribution < 1.29 is 4.74 Å². The Balaban J connectivity index is 1.53. The van der Waals surface area contributed by atoms with Crippen molar-refractivity contribution in [1.29, 1.82) is 0 Å². The molecule has 0 radical (unpaired) electrons. The Kier molecular flexibility index (Phi) is 5.66. The Morgan fingerprint density at radius 1 is 1.29 bits per heavy atom. The number of aromatic nitrogens is 2. The number of aryl methyl sites for hydroxylation is 1. The number of benzene rings is 1. The highest BCUT2D eigenvalue weighted by Gasteiger charge is 2.26. The highest BCUT2D eigenvalue weighted by Crippen LogP contribution is 2.16. The number of nitrogens with one attached hydrogen (secondary N) is 1. The second-order valence-electron chi connectivity index (χ2n) is 6.75. The van der Waals surface area contributed by atoms with E-state index in [0.717, 1.165) is 26.2 Å². The summed E-state index contributed by atoms with van der Waals surface area (Å²) in [5.41, 5.74) is 2.57. The van der Waals surface area contributed by atoms with Crippen molar-refractivity contribution in [1.82, 2.24) is 20.0 Å². The van der Waals surface area contributed by atoms with Gasteiger partial charge in [0.15, 0.2) is 0 Å². The molecule has 130 valence electrons. The van der Waals surface area contributed by atoms with Gasteiger partial charge < -0.3 is 10.1 Å². The van der Waals surface area contributed by atoms with Crippen molar-refractivity contribution >= 4 is 0 Å². The molecule has 0 spiro atoms. The number of morpholine rings is 1. The topological polar surface area (TPSA) is 42.3 Å². The number of hydrogen-bond acceptors (Lipinski definition) is 4. The van der Waals surface area contributed by atoms with Gasteiger partial charge in [0, 0.05) is 50.5 Å². The maximum Gasteiger partial charge on any atom is 0.0852 e. The Morgan fingerprint density at radius 2 is 2.08 bits per heavy atom. The van der Waals surface area contributed by atoms with Gasteiger partial charge in [-0.25, -0.2) is 0 Å². The summed E-state index contributed by atoms with van der Waals surface area (Å²) in [7, 11) is 1.95. The van der Waals surface area contributed by atoms with Gasteiger partial charge in [-0.3, -0.25) is 9.58 Å². The Hall–Kier alpha value is -1.69. The molecule has 24 heavy (non-hydrogen) atoms. The van der Waals surface area contributed by atoms with Crippen LogP contribution in [-0.4, -0.2) is 46.5 Å². The second kappa shape index (κ2) is 7.92. The summed E-state index contributed by atoms with van der Waals surface area (Å²) < 4.78 is 7.87. The summed E-state index contributed by atoms with van der Waals surface area (Å²) in [5, 5.41) is 7.91. The highest BCUT2D eigenvalue weighted by atomic mass is 16.5. The Labute approximate surface area is 144 Å². The van der Waals surface area contributed by atoms with E-state index in [4.69, 9.17) is 4.74 Å². The van der Waals surface area contributed by atoms with E-state index in [1.165, 1.54) is 11.1 Å². The van der Waals surface area contributed by atoms with Gasteiger partial charge in [-0.1, -0.05) is 30.3 Å². The van der Waals surface area contributed by atoms with Crippen molar-refractivity contribution in [3.05, 3.63) is 53.9 Å². The normalized spacial score (nSPS) is 21.5. The quantitative estimate of drug-likeness (QED) is 0.884. The Bertz CT molecular complexity index is 627. The monoisotopic (exact) mass is 328 g/mol. The third-order valence-electron chi connectivity index (χ3n) is 4.72. The van der Waals surface area contributed by atoms with Crippen LogP contribution in [0.2, 0.25) is 0 Å². The summed E-state index contributed by atoms with van der Waals surface area (Å²) in [5.74, 6) is 0. The van der Waals surface area contributed by atoms with Crippen molar-refractivity contribution in [2.75, 3.05) is 19.7 Å². The molecule has 3 atom stereocenters. The molecule has 2 aromatic rings. The molecule has 1 fully saturated rings. The maximum absolute atomic E-state index is 6.02. The van der Waals surface area contributed by atoms with Crippen LogP contribution in [0.15, 0.2) is 42.7 Å². The van der Waals surface area contributed by atoms with E-state index in [9.17, 15) is 0 Å². The number of ether oxygens (including phenoxy) is 1. The van der Waals surface area contributed by atoms with E-state index >= 15 is 0 Å². The van der Waals surface area contributed by atoms with Gasteiger partial charge in [0.25, 0.3) is 0 Å². The standard InChI is InChI=1S/C19H28N4O/c1-15(18-11-20-22(3)13-18)21-16(2)19-14-23(9-10-24-19)12-17-7-5-4-6-8-17/h4-8,11,13,15-16,19,21H,9-10,12,14H2,1-3H3/t15-,16+,19+/m0/s1. The van der Waals surface area contributed by atoms with Crippen molar-refractivity contribution in [2.24, 2.45) is 7.05 Å². The van der Waals surface area contributed by atoms with Crippen LogP contribution in [0, 0.1) is 0 Å². The lowest BCUT2D eigenvalue weighted by Gasteiger charge is -2.37. The molecule has 0 amide bonds. The van der Waals surface area contributed by atoms with Gasteiger partial charge in [-0.05, 0) is 19.4 Å². The van der Waals surface area contributed by atoms with Crippen molar-refractivity contribution in [2.45, 2.75) is 38.6 Å². The molecular formula is C19H28N4O. The van der Waals surface area contributed by atoms with E-state index in [0.29, 0.717) is 6.04 Å². The minimum absolute atomic E-state index is 0.210. The van der Waals surface area contributed by atoms with Crippen LogP contribution < -0.4 is 5.32 Å². The molecule has 2 heterocycles. The first-order valence-electron chi connectivity index (χ1n) is 8.74. The first-order valence-corrected chi connectivity index (χ1v) is 8.74. The van der Waals surface area contributed by atoms with Crippen LogP contribution >= 0.6 is 0 Å². The fraction of sp³-hybridized carbons (Fsp3) is 0.526. The third-order valence-corrected chi connectivity index (χ3v) is 4.72. The second-order valence-corrected chi connectivity index (χ2v) is 6.75. The van der Waals surface area contributed by atoms with Gasteiger partial charge in [0.1, 0.15) is 0 Å². The van der Waals surface area contributed by atoms with Gasteiger partial charge in [-0.15, -0.1) is 0 Å². The zero-order valence-corrected chi connectivity index (χ0v) is 14.9. The predicted molar refractivity (Wildman–Crippen MR) is 95.7 cm³/mol. The maximum atomic E-state index is 6.02. The number of rotatable bonds is 6. The van der Waals surface area contributed by atoms with Crippen molar-refractivity contribution in [3.63, 3.8) is 0 Å². The zero-order valence-electron chi connectivity index (χ0n) is 14.9. The van der Waals surface area contributed by atoms with Gasteiger partial charge >= 0.3 is 0 Å². The minimum Gasteiger partial charge on any atom is -0.374 e. The SMILES string of the molecule is C[C@H](N[C@H](C)[C@H]1CN(Cc2ccccc2)CCO1)c1cnn(C)c1. The van der Waals surface area contributed by atoms with Crippen LogP contribution in [0.3, 0.4) is 0 Å². The molecule has 1 aliphatic heterocycles. The summed E-state index contributed by atoms with van der Waals surface area (Å²) in [6.07, 6.45) is 4.20.